The molecule has 3 aromatic rings. The smallest absolute Gasteiger partial charge is 0.275 e. The standard InChI is InChI=1S/C24H26N4O2/c1-4-6-15-28-23(29)21-10-8-7-9-20(21)22(26-28)24(30)27(5-2)17(3)19-13-11-18(16-25)12-14-19/h7-14,17H,4-6,15H2,1-3H3/t17-/m0/s1. The van der Waals surface area contributed by atoms with E-state index in [-0.39, 0.29) is 17.5 Å². The number of amides is 1. The van der Waals surface area contributed by atoms with Gasteiger partial charge in [-0.2, -0.15) is 10.4 Å². The Morgan fingerprint density at radius 2 is 1.80 bits per heavy atom. The lowest BCUT2D eigenvalue weighted by Gasteiger charge is -2.28. The van der Waals surface area contributed by atoms with E-state index in [1.807, 2.05) is 32.0 Å². The number of benzene rings is 2. The van der Waals surface area contributed by atoms with E-state index in [2.05, 4.69) is 18.1 Å². The van der Waals surface area contributed by atoms with E-state index < -0.39 is 0 Å². The predicted molar refractivity (Wildman–Crippen MR) is 117 cm³/mol. The number of aryl methyl sites for hydroxylation is 1. The molecule has 30 heavy (non-hydrogen) atoms. The fraction of sp³-hybridized carbons (Fsp3) is 0.333. The van der Waals surface area contributed by atoms with Crippen molar-refractivity contribution in [3.8, 4) is 6.07 Å². The van der Waals surface area contributed by atoms with Crippen molar-refractivity contribution in [1.82, 2.24) is 14.7 Å². The third-order valence-electron chi connectivity index (χ3n) is 5.39. The van der Waals surface area contributed by atoms with Gasteiger partial charge in [-0.25, -0.2) is 4.68 Å². The van der Waals surface area contributed by atoms with E-state index in [9.17, 15) is 9.59 Å². The Kier molecular flexibility index (Phi) is 6.63. The monoisotopic (exact) mass is 402 g/mol. The Hall–Kier alpha value is -3.46. The van der Waals surface area contributed by atoms with Gasteiger partial charge in [0.1, 0.15) is 0 Å². The Bertz CT molecular complexity index is 1140. The minimum Gasteiger partial charge on any atom is -0.331 e. The first-order valence-corrected chi connectivity index (χ1v) is 10.3. The maximum atomic E-state index is 13.6. The number of hydrogen-bond acceptors (Lipinski definition) is 4. The van der Waals surface area contributed by atoms with Crippen LogP contribution in [0.4, 0.5) is 0 Å². The fourth-order valence-corrected chi connectivity index (χ4v) is 3.60. The molecule has 0 aliphatic heterocycles. The van der Waals surface area contributed by atoms with Gasteiger partial charge in [0.25, 0.3) is 11.5 Å². The van der Waals surface area contributed by atoms with Crippen LogP contribution in [0.3, 0.4) is 0 Å². The summed E-state index contributed by atoms with van der Waals surface area (Å²) in [5.74, 6) is -0.212. The number of fused-ring (bicyclic) bond motifs is 1. The second kappa shape index (κ2) is 9.36. The third-order valence-corrected chi connectivity index (χ3v) is 5.39. The van der Waals surface area contributed by atoms with Crippen LogP contribution in [0.15, 0.2) is 53.3 Å². The molecule has 0 N–H and O–H groups in total. The van der Waals surface area contributed by atoms with Crippen LogP contribution in [0.2, 0.25) is 0 Å². The molecule has 0 unspecified atom stereocenters. The van der Waals surface area contributed by atoms with Crippen molar-refractivity contribution in [3.63, 3.8) is 0 Å². The van der Waals surface area contributed by atoms with Crippen LogP contribution in [0.25, 0.3) is 10.8 Å². The Morgan fingerprint density at radius 3 is 2.40 bits per heavy atom. The Labute approximate surface area is 176 Å². The second-order valence-electron chi connectivity index (χ2n) is 7.28. The first kappa shape index (κ1) is 21.3. The number of rotatable bonds is 7. The molecule has 6 nitrogen and oxygen atoms in total. The average molecular weight is 402 g/mol. The summed E-state index contributed by atoms with van der Waals surface area (Å²) < 4.78 is 1.42. The van der Waals surface area contributed by atoms with Crippen molar-refractivity contribution < 1.29 is 4.79 Å². The van der Waals surface area contributed by atoms with Gasteiger partial charge < -0.3 is 4.90 Å². The Morgan fingerprint density at radius 1 is 1.13 bits per heavy atom. The van der Waals surface area contributed by atoms with Gasteiger partial charge in [0.05, 0.1) is 23.1 Å². The van der Waals surface area contributed by atoms with Crippen molar-refractivity contribution in [3.05, 3.63) is 75.7 Å². The van der Waals surface area contributed by atoms with E-state index in [4.69, 9.17) is 5.26 Å². The van der Waals surface area contributed by atoms with Crippen LogP contribution >= 0.6 is 0 Å². The minimum atomic E-state index is -0.212. The molecule has 0 fully saturated rings. The minimum absolute atomic E-state index is 0.168. The summed E-state index contributed by atoms with van der Waals surface area (Å²) in [7, 11) is 0. The van der Waals surface area contributed by atoms with Crippen LogP contribution in [-0.2, 0) is 6.54 Å². The van der Waals surface area contributed by atoms with Crippen LogP contribution in [0.1, 0.15) is 61.3 Å². The molecule has 1 aromatic heterocycles. The summed E-state index contributed by atoms with van der Waals surface area (Å²) >= 11 is 0. The van der Waals surface area contributed by atoms with Crippen LogP contribution in [0, 0.1) is 11.3 Å². The van der Waals surface area contributed by atoms with Gasteiger partial charge in [0.15, 0.2) is 5.69 Å². The first-order chi connectivity index (χ1) is 14.5. The highest BCUT2D eigenvalue weighted by molar-refractivity contribution is 6.04. The fourth-order valence-electron chi connectivity index (χ4n) is 3.60. The second-order valence-corrected chi connectivity index (χ2v) is 7.28. The predicted octanol–water partition coefficient (Wildman–Crippen LogP) is 4.29. The molecule has 154 valence electrons. The summed E-state index contributed by atoms with van der Waals surface area (Å²) in [6.45, 7) is 6.91. The highest BCUT2D eigenvalue weighted by Crippen LogP contribution is 2.24. The zero-order valence-corrected chi connectivity index (χ0v) is 17.6. The lowest BCUT2D eigenvalue weighted by Crippen LogP contribution is -2.36. The summed E-state index contributed by atoms with van der Waals surface area (Å²) in [6, 6.07) is 16.3. The van der Waals surface area contributed by atoms with Crippen molar-refractivity contribution in [1.29, 1.82) is 5.26 Å². The molecular formula is C24H26N4O2. The van der Waals surface area contributed by atoms with Gasteiger partial charge in [0, 0.05) is 18.5 Å². The molecular weight excluding hydrogens is 376 g/mol. The largest absolute Gasteiger partial charge is 0.331 e. The van der Waals surface area contributed by atoms with Crippen molar-refractivity contribution in [2.24, 2.45) is 0 Å². The maximum Gasteiger partial charge on any atom is 0.275 e. The molecule has 0 spiro atoms. The first-order valence-electron chi connectivity index (χ1n) is 10.3. The molecule has 0 aliphatic rings. The quantitative estimate of drug-likeness (QED) is 0.590. The van der Waals surface area contributed by atoms with Crippen molar-refractivity contribution in [2.75, 3.05) is 6.54 Å². The molecule has 1 heterocycles. The molecule has 1 atom stereocenters. The number of carbonyl (C=O) groups is 1. The zero-order chi connectivity index (χ0) is 21.7. The highest BCUT2D eigenvalue weighted by Gasteiger charge is 2.25. The van der Waals surface area contributed by atoms with Crippen molar-refractivity contribution in [2.45, 2.75) is 46.2 Å². The third kappa shape index (κ3) is 4.11. The number of carbonyl (C=O) groups excluding carboxylic acids is 1. The van der Waals surface area contributed by atoms with Gasteiger partial charge in [-0.15, -0.1) is 0 Å². The van der Waals surface area contributed by atoms with Gasteiger partial charge in [-0.05, 0) is 44.0 Å². The number of nitriles is 1. The average Bonchev–Trinajstić information content (AvgIpc) is 2.79. The lowest BCUT2D eigenvalue weighted by molar-refractivity contribution is 0.0695. The number of nitrogens with zero attached hydrogens (tertiary/aromatic N) is 4. The molecule has 2 aromatic carbocycles. The van der Waals surface area contributed by atoms with Gasteiger partial charge in [0.2, 0.25) is 0 Å². The topological polar surface area (TPSA) is 79.0 Å². The van der Waals surface area contributed by atoms with E-state index >= 15 is 0 Å². The number of aromatic nitrogens is 2. The number of unbranched alkanes of at least 4 members (excludes halogenated alkanes) is 1. The van der Waals surface area contributed by atoms with Crippen LogP contribution < -0.4 is 5.56 Å². The summed E-state index contributed by atoms with van der Waals surface area (Å²) in [6.07, 6.45) is 1.75. The zero-order valence-electron chi connectivity index (χ0n) is 17.6. The normalized spacial score (nSPS) is 11.8. The van der Waals surface area contributed by atoms with Gasteiger partial charge in [-0.3, -0.25) is 9.59 Å². The molecule has 3 rings (SSSR count). The SMILES string of the molecule is CCCCn1nc(C(=O)N(CC)[C@@H](C)c2ccc(C#N)cc2)c2ccccc2c1=O. The molecule has 0 aliphatic carbocycles. The van der Waals surface area contributed by atoms with Crippen molar-refractivity contribution >= 4 is 16.7 Å². The molecule has 6 heteroatoms. The molecule has 1 amide bonds. The summed E-state index contributed by atoms with van der Waals surface area (Å²) in [5.41, 5.74) is 1.64. The van der Waals surface area contributed by atoms with Gasteiger partial charge >= 0.3 is 0 Å². The lowest BCUT2D eigenvalue weighted by atomic mass is 10.0. The van der Waals surface area contributed by atoms with E-state index in [1.54, 1.807) is 35.2 Å². The maximum absolute atomic E-state index is 13.6. The van der Waals surface area contributed by atoms with Gasteiger partial charge in [-0.1, -0.05) is 43.7 Å². The van der Waals surface area contributed by atoms with E-state index in [0.717, 1.165) is 18.4 Å². The van der Waals surface area contributed by atoms with Crippen LogP contribution in [-0.4, -0.2) is 27.1 Å². The number of hydrogen-bond donors (Lipinski definition) is 0. The highest BCUT2D eigenvalue weighted by atomic mass is 16.2. The van der Waals surface area contributed by atoms with E-state index in [0.29, 0.717) is 35.1 Å². The molecule has 0 radical (unpaired) electrons. The molecule has 0 saturated heterocycles. The summed E-state index contributed by atoms with van der Waals surface area (Å²) in [5, 5.41) is 14.6. The Balaban J connectivity index is 2.05. The molecule has 0 bridgehead atoms. The molecule has 0 saturated carbocycles. The van der Waals surface area contributed by atoms with Crippen LogP contribution in [0.5, 0.6) is 0 Å². The summed E-state index contributed by atoms with van der Waals surface area (Å²) in [4.78, 5) is 28.1. The van der Waals surface area contributed by atoms with E-state index in [1.165, 1.54) is 4.68 Å².